The second kappa shape index (κ2) is 8.36. The Kier molecular flexibility index (Phi) is 5.69. The number of aromatic nitrogens is 1. The maximum Gasteiger partial charge on any atom is 0.236 e. The third-order valence-corrected chi connectivity index (χ3v) is 5.97. The molecule has 0 bridgehead atoms. The molecule has 2 aliphatic heterocycles. The Labute approximate surface area is 162 Å². The van der Waals surface area contributed by atoms with Gasteiger partial charge in [-0.25, -0.2) is 0 Å². The standard InChI is InChI=1S/C22H30N4O/c1-24-10-11-26(22(27)17-25-8-4-5-9-25)16-18(15-24)12-20-14-23-13-19-6-2-3-7-21(19)20/h2-3,6-7,13-14,18H,4-5,8-12,15-17H2,1H3. The van der Waals surface area contributed by atoms with Crippen LogP contribution in [0.1, 0.15) is 18.4 Å². The summed E-state index contributed by atoms with van der Waals surface area (Å²) in [6, 6.07) is 8.46. The lowest BCUT2D eigenvalue weighted by atomic mass is 9.96. The fraction of sp³-hybridized carbons (Fsp3) is 0.545. The van der Waals surface area contributed by atoms with E-state index >= 15 is 0 Å². The maximum absolute atomic E-state index is 12.9. The van der Waals surface area contributed by atoms with Gasteiger partial charge in [-0.15, -0.1) is 0 Å². The van der Waals surface area contributed by atoms with Gasteiger partial charge < -0.3 is 9.80 Å². The van der Waals surface area contributed by atoms with Crippen LogP contribution in [0.5, 0.6) is 0 Å². The lowest BCUT2D eigenvalue weighted by Gasteiger charge is -2.26. The minimum absolute atomic E-state index is 0.299. The number of rotatable bonds is 4. The summed E-state index contributed by atoms with van der Waals surface area (Å²) in [4.78, 5) is 24.1. The summed E-state index contributed by atoms with van der Waals surface area (Å²) in [5.41, 5.74) is 1.29. The average molecular weight is 367 g/mol. The van der Waals surface area contributed by atoms with Crippen LogP contribution in [0.2, 0.25) is 0 Å². The molecule has 0 N–H and O–H groups in total. The molecule has 3 heterocycles. The van der Waals surface area contributed by atoms with Gasteiger partial charge in [0.2, 0.25) is 5.91 Å². The lowest BCUT2D eigenvalue weighted by Crippen LogP contribution is -2.42. The molecule has 1 amide bonds. The fourth-order valence-electron chi connectivity index (χ4n) is 4.52. The average Bonchev–Trinajstić information content (AvgIpc) is 3.10. The van der Waals surface area contributed by atoms with Crippen molar-refractivity contribution in [2.45, 2.75) is 19.3 Å². The molecular weight excluding hydrogens is 336 g/mol. The van der Waals surface area contributed by atoms with E-state index in [1.807, 2.05) is 12.4 Å². The molecule has 2 saturated heterocycles. The highest BCUT2D eigenvalue weighted by atomic mass is 16.2. The van der Waals surface area contributed by atoms with Crippen molar-refractivity contribution in [3.63, 3.8) is 0 Å². The second-order valence-corrected chi connectivity index (χ2v) is 8.18. The maximum atomic E-state index is 12.9. The number of likely N-dealkylation sites (tertiary alicyclic amines) is 1. The van der Waals surface area contributed by atoms with E-state index in [9.17, 15) is 4.79 Å². The van der Waals surface area contributed by atoms with Gasteiger partial charge in [0.25, 0.3) is 0 Å². The molecular formula is C22H30N4O. The van der Waals surface area contributed by atoms with E-state index in [0.29, 0.717) is 18.4 Å². The molecule has 2 aliphatic rings. The number of hydrogen-bond donors (Lipinski definition) is 0. The van der Waals surface area contributed by atoms with Crippen LogP contribution in [-0.4, -0.2) is 78.5 Å². The van der Waals surface area contributed by atoms with E-state index < -0.39 is 0 Å². The Morgan fingerprint density at radius 3 is 2.74 bits per heavy atom. The zero-order valence-corrected chi connectivity index (χ0v) is 16.3. The van der Waals surface area contributed by atoms with E-state index in [0.717, 1.165) is 45.7 Å². The topological polar surface area (TPSA) is 39.7 Å². The number of hydrogen-bond acceptors (Lipinski definition) is 4. The molecule has 1 atom stereocenters. The minimum atomic E-state index is 0.299. The Bertz CT molecular complexity index is 781. The molecule has 2 fully saturated rings. The summed E-state index contributed by atoms with van der Waals surface area (Å²) in [6.07, 6.45) is 7.36. The highest BCUT2D eigenvalue weighted by Gasteiger charge is 2.26. The van der Waals surface area contributed by atoms with Gasteiger partial charge in [-0.1, -0.05) is 24.3 Å². The zero-order chi connectivity index (χ0) is 18.6. The summed E-state index contributed by atoms with van der Waals surface area (Å²) < 4.78 is 0. The van der Waals surface area contributed by atoms with Gasteiger partial charge in [0, 0.05) is 44.0 Å². The molecule has 2 aromatic rings. The van der Waals surface area contributed by atoms with Crippen LogP contribution >= 0.6 is 0 Å². The molecule has 4 rings (SSSR count). The van der Waals surface area contributed by atoms with Crippen LogP contribution in [0.3, 0.4) is 0 Å². The number of likely N-dealkylation sites (N-methyl/N-ethyl adjacent to an activating group) is 1. The normalized spacial score (nSPS) is 22.3. The van der Waals surface area contributed by atoms with Gasteiger partial charge in [-0.05, 0) is 56.3 Å². The number of nitrogens with zero attached hydrogens (tertiary/aromatic N) is 4. The van der Waals surface area contributed by atoms with Gasteiger partial charge in [0.1, 0.15) is 0 Å². The fourth-order valence-corrected chi connectivity index (χ4v) is 4.52. The van der Waals surface area contributed by atoms with Crippen molar-refractivity contribution >= 4 is 16.7 Å². The van der Waals surface area contributed by atoms with Gasteiger partial charge >= 0.3 is 0 Å². The summed E-state index contributed by atoms with van der Waals surface area (Å²) in [7, 11) is 2.17. The minimum Gasteiger partial charge on any atom is -0.340 e. The molecule has 5 heteroatoms. The van der Waals surface area contributed by atoms with Crippen molar-refractivity contribution in [1.29, 1.82) is 0 Å². The summed E-state index contributed by atoms with van der Waals surface area (Å²) >= 11 is 0. The zero-order valence-electron chi connectivity index (χ0n) is 16.3. The van der Waals surface area contributed by atoms with Gasteiger partial charge in [-0.3, -0.25) is 14.7 Å². The van der Waals surface area contributed by atoms with Crippen molar-refractivity contribution in [2.24, 2.45) is 5.92 Å². The largest absolute Gasteiger partial charge is 0.340 e. The van der Waals surface area contributed by atoms with Crippen LogP contribution in [0.25, 0.3) is 10.8 Å². The van der Waals surface area contributed by atoms with E-state index in [2.05, 4.69) is 51.0 Å². The van der Waals surface area contributed by atoms with Crippen molar-refractivity contribution in [3.8, 4) is 0 Å². The molecule has 0 spiro atoms. The van der Waals surface area contributed by atoms with Crippen LogP contribution < -0.4 is 0 Å². The molecule has 0 radical (unpaired) electrons. The molecule has 144 valence electrons. The SMILES string of the molecule is CN1CCN(C(=O)CN2CCCC2)CC(Cc2cncc3ccccc23)C1. The van der Waals surface area contributed by atoms with E-state index in [-0.39, 0.29) is 0 Å². The predicted octanol–water partition coefficient (Wildman–Crippen LogP) is 2.26. The van der Waals surface area contributed by atoms with Crippen molar-refractivity contribution in [2.75, 3.05) is 52.9 Å². The number of pyridine rings is 1. The third-order valence-electron chi connectivity index (χ3n) is 5.97. The molecule has 5 nitrogen and oxygen atoms in total. The highest BCUT2D eigenvalue weighted by Crippen LogP contribution is 2.22. The summed E-state index contributed by atoms with van der Waals surface area (Å²) in [6.45, 7) is 6.40. The molecule has 27 heavy (non-hydrogen) atoms. The predicted molar refractivity (Wildman–Crippen MR) is 109 cm³/mol. The van der Waals surface area contributed by atoms with Crippen LogP contribution in [0, 0.1) is 5.92 Å². The number of fused-ring (bicyclic) bond motifs is 1. The van der Waals surface area contributed by atoms with Gasteiger partial charge in [0.15, 0.2) is 0 Å². The smallest absolute Gasteiger partial charge is 0.236 e. The number of amides is 1. The monoisotopic (exact) mass is 366 g/mol. The van der Waals surface area contributed by atoms with Gasteiger partial charge in [-0.2, -0.15) is 0 Å². The molecule has 1 unspecified atom stereocenters. The Morgan fingerprint density at radius 1 is 1.07 bits per heavy atom. The Balaban J connectivity index is 1.48. The quantitative estimate of drug-likeness (QED) is 0.832. The van der Waals surface area contributed by atoms with E-state index in [4.69, 9.17) is 0 Å². The summed E-state index contributed by atoms with van der Waals surface area (Å²) in [5, 5.41) is 2.48. The lowest BCUT2D eigenvalue weighted by molar-refractivity contribution is -0.132. The third kappa shape index (κ3) is 4.47. The summed E-state index contributed by atoms with van der Waals surface area (Å²) in [5.74, 6) is 0.737. The van der Waals surface area contributed by atoms with Crippen LogP contribution in [0.15, 0.2) is 36.7 Å². The first-order valence-electron chi connectivity index (χ1n) is 10.2. The first-order chi connectivity index (χ1) is 13.2. The van der Waals surface area contributed by atoms with Crippen LogP contribution in [-0.2, 0) is 11.2 Å². The van der Waals surface area contributed by atoms with Crippen molar-refractivity contribution < 1.29 is 4.79 Å². The van der Waals surface area contributed by atoms with Crippen molar-refractivity contribution in [1.82, 2.24) is 19.7 Å². The number of carbonyl (C=O) groups excluding carboxylic acids is 1. The Hall–Kier alpha value is -1.98. The van der Waals surface area contributed by atoms with E-state index in [1.165, 1.54) is 29.2 Å². The molecule has 0 aliphatic carbocycles. The van der Waals surface area contributed by atoms with Crippen LogP contribution in [0.4, 0.5) is 0 Å². The first kappa shape index (κ1) is 18.4. The molecule has 1 aromatic heterocycles. The molecule has 0 saturated carbocycles. The van der Waals surface area contributed by atoms with Crippen molar-refractivity contribution in [3.05, 3.63) is 42.2 Å². The van der Waals surface area contributed by atoms with E-state index in [1.54, 1.807) is 0 Å². The first-order valence-corrected chi connectivity index (χ1v) is 10.2. The highest BCUT2D eigenvalue weighted by molar-refractivity contribution is 5.84. The second-order valence-electron chi connectivity index (χ2n) is 8.18. The Morgan fingerprint density at radius 2 is 1.89 bits per heavy atom. The van der Waals surface area contributed by atoms with Gasteiger partial charge in [0.05, 0.1) is 6.54 Å². The molecule has 1 aromatic carbocycles. The number of carbonyl (C=O) groups is 1. The number of benzene rings is 1.